The second kappa shape index (κ2) is 8.61. The molecule has 1 aromatic carbocycles. The summed E-state index contributed by atoms with van der Waals surface area (Å²) >= 11 is 0. The fourth-order valence-corrected chi connectivity index (χ4v) is 4.03. The van der Waals surface area contributed by atoms with E-state index in [1.807, 2.05) is 47.0 Å². The molecule has 0 saturated carbocycles. The van der Waals surface area contributed by atoms with Gasteiger partial charge in [0.15, 0.2) is 0 Å². The number of morpholine rings is 1. The molecule has 7 nitrogen and oxygen atoms in total. The molecule has 0 radical (unpaired) electrons. The number of aryl methyl sites for hydroxylation is 2. The fraction of sp³-hybridized carbons (Fsp3) is 0.409. The van der Waals surface area contributed by atoms with Gasteiger partial charge in [0.05, 0.1) is 31.5 Å². The van der Waals surface area contributed by atoms with E-state index in [9.17, 15) is 4.79 Å². The second-order valence-corrected chi connectivity index (χ2v) is 7.42. The molecule has 1 atom stereocenters. The van der Waals surface area contributed by atoms with Gasteiger partial charge in [-0.25, -0.2) is 0 Å². The molecule has 0 spiro atoms. The van der Waals surface area contributed by atoms with Crippen molar-refractivity contribution in [2.75, 3.05) is 19.8 Å². The first kappa shape index (κ1) is 19.4. The quantitative estimate of drug-likeness (QED) is 0.646. The Morgan fingerprint density at radius 1 is 1.21 bits per heavy atom. The van der Waals surface area contributed by atoms with E-state index >= 15 is 0 Å². The maximum atomic E-state index is 13.0. The Bertz CT molecular complexity index is 949. The lowest BCUT2D eigenvalue weighted by atomic mass is 10.0. The molecule has 2 aromatic heterocycles. The zero-order valence-electron chi connectivity index (χ0n) is 17.0. The zero-order chi connectivity index (χ0) is 20.2. The van der Waals surface area contributed by atoms with Gasteiger partial charge in [-0.1, -0.05) is 30.3 Å². The van der Waals surface area contributed by atoms with Crippen molar-refractivity contribution in [2.45, 2.75) is 39.4 Å². The van der Waals surface area contributed by atoms with Gasteiger partial charge in [-0.2, -0.15) is 10.2 Å². The molecule has 1 fully saturated rings. The third-order valence-corrected chi connectivity index (χ3v) is 5.51. The maximum Gasteiger partial charge on any atom is 0.225 e. The molecule has 0 aliphatic carbocycles. The van der Waals surface area contributed by atoms with Crippen LogP contribution in [0.15, 0.2) is 48.8 Å². The number of hydrogen-bond acceptors (Lipinski definition) is 4. The lowest BCUT2D eigenvalue weighted by Gasteiger charge is -2.36. The second-order valence-electron chi connectivity index (χ2n) is 7.42. The first-order valence-corrected chi connectivity index (χ1v) is 10.1. The van der Waals surface area contributed by atoms with Crippen molar-refractivity contribution in [3.05, 3.63) is 71.3 Å². The summed E-state index contributed by atoms with van der Waals surface area (Å²) in [5.41, 5.74) is 4.36. The van der Waals surface area contributed by atoms with Gasteiger partial charge in [0.25, 0.3) is 0 Å². The highest BCUT2D eigenvalue weighted by Crippen LogP contribution is 2.30. The van der Waals surface area contributed by atoms with E-state index in [0.717, 1.165) is 17.0 Å². The zero-order valence-corrected chi connectivity index (χ0v) is 17.0. The van der Waals surface area contributed by atoms with E-state index in [1.54, 1.807) is 10.9 Å². The number of carbonyl (C=O) groups is 1. The lowest BCUT2D eigenvalue weighted by Crippen LogP contribution is -2.44. The molecule has 7 heteroatoms. The van der Waals surface area contributed by atoms with Gasteiger partial charge >= 0.3 is 0 Å². The third kappa shape index (κ3) is 4.24. The van der Waals surface area contributed by atoms with Crippen molar-refractivity contribution in [1.82, 2.24) is 24.5 Å². The SMILES string of the molecule is Cc1nn(Cc2ccccc2)c(C)c1[C@@H]1COCCN1C(=O)CCn1cccn1. The van der Waals surface area contributed by atoms with Crippen LogP contribution in [-0.4, -0.2) is 50.1 Å². The molecule has 3 aromatic rings. The van der Waals surface area contributed by atoms with E-state index in [4.69, 9.17) is 9.84 Å². The number of nitrogens with zero attached hydrogens (tertiary/aromatic N) is 5. The first-order valence-electron chi connectivity index (χ1n) is 10.1. The number of ether oxygens (including phenoxy) is 1. The highest BCUT2D eigenvalue weighted by atomic mass is 16.5. The first-order chi connectivity index (χ1) is 14.1. The van der Waals surface area contributed by atoms with Crippen molar-refractivity contribution in [3.63, 3.8) is 0 Å². The molecule has 1 aliphatic heterocycles. The van der Waals surface area contributed by atoms with E-state index in [1.165, 1.54) is 5.56 Å². The van der Waals surface area contributed by atoms with Crippen molar-refractivity contribution in [1.29, 1.82) is 0 Å². The van der Waals surface area contributed by atoms with E-state index in [-0.39, 0.29) is 11.9 Å². The van der Waals surface area contributed by atoms with Gasteiger partial charge < -0.3 is 9.64 Å². The van der Waals surface area contributed by atoms with Crippen LogP contribution in [0.4, 0.5) is 0 Å². The summed E-state index contributed by atoms with van der Waals surface area (Å²) in [6, 6.07) is 12.1. The molecule has 29 heavy (non-hydrogen) atoms. The van der Waals surface area contributed by atoms with Crippen LogP contribution in [0.2, 0.25) is 0 Å². The Morgan fingerprint density at radius 3 is 2.79 bits per heavy atom. The van der Waals surface area contributed by atoms with Gasteiger partial charge in [0.1, 0.15) is 0 Å². The molecular weight excluding hydrogens is 366 g/mol. The number of rotatable bonds is 6. The molecular formula is C22H27N5O2. The Hall–Kier alpha value is -2.93. The molecule has 1 aliphatic rings. The largest absolute Gasteiger partial charge is 0.377 e. The van der Waals surface area contributed by atoms with Gasteiger partial charge in [0, 0.05) is 43.2 Å². The monoisotopic (exact) mass is 393 g/mol. The van der Waals surface area contributed by atoms with Gasteiger partial charge in [-0.15, -0.1) is 0 Å². The summed E-state index contributed by atoms with van der Waals surface area (Å²) in [6.45, 7) is 7.08. The molecule has 0 N–H and O–H groups in total. The minimum absolute atomic E-state index is 0.0987. The van der Waals surface area contributed by atoms with Crippen LogP contribution in [0, 0.1) is 13.8 Å². The average Bonchev–Trinajstić information content (AvgIpc) is 3.35. The van der Waals surface area contributed by atoms with Crippen LogP contribution in [-0.2, 0) is 22.6 Å². The predicted molar refractivity (Wildman–Crippen MR) is 109 cm³/mol. The molecule has 0 bridgehead atoms. The number of benzene rings is 1. The summed E-state index contributed by atoms with van der Waals surface area (Å²) in [6.07, 6.45) is 4.04. The lowest BCUT2D eigenvalue weighted by molar-refractivity contribution is -0.140. The number of amides is 1. The van der Waals surface area contributed by atoms with Crippen LogP contribution in [0.5, 0.6) is 0 Å². The highest BCUT2D eigenvalue weighted by Gasteiger charge is 2.32. The average molecular weight is 393 g/mol. The highest BCUT2D eigenvalue weighted by molar-refractivity contribution is 5.77. The number of carbonyl (C=O) groups excluding carboxylic acids is 1. The third-order valence-electron chi connectivity index (χ3n) is 5.51. The predicted octanol–water partition coefficient (Wildman–Crippen LogP) is 2.73. The van der Waals surface area contributed by atoms with Gasteiger partial charge in [0.2, 0.25) is 5.91 Å². The molecule has 1 saturated heterocycles. The Balaban J connectivity index is 1.54. The summed E-state index contributed by atoms with van der Waals surface area (Å²) in [4.78, 5) is 15.0. The fourth-order valence-electron chi connectivity index (χ4n) is 4.03. The van der Waals surface area contributed by atoms with Crippen molar-refractivity contribution < 1.29 is 9.53 Å². The van der Waals surface area contributed by atoms with Crippen LogP contribution >= 0.6 is 0 Å². The summed E-state index contributed by atoms with van der Waals surface area (Å²) in [5, 5.41) is 8.96. The molecule has 152 valence electrons. The molecule has 3 heterocycles. The standard InChI is InChI=1S/C22H27N5O2/c1-17-22(18(2)27(24-17)15-19-7-4-3-5-8-19)20-16-29-14-13-26(20)21(28)9-12-25-11-6-10-23-25/h3-8,10-11,20H,9,12-16H2,1-2H3/t20-/m0/s1. The van der Waals surface area contributed by atoms with Crippen LogP contribution in [0.1, 0.15) is 35.0 Å². The molecule has 0 unspecified atom stereocenters. The van der Waals surface area contributed by atoms with Gasteiger partial charge in [-0.3, -0.25) is 14.2 Å². The maximum absolute atomic E-state index is 13.0. The van der Waals surface area contributed by atoms with Crippen LogP contribution in [0.3, 0.4) is 0 Å². The van der Waals surface area contributed by atoms with E-state index in [2.05, 4.69) is 24.2 Å². The number of hydrogen-bond donors (Lipinski definition) is 0. The molecule has 4 rings (SSSR count). The number of aromatic nitrogens is 4. The topological polar surface area (TPSA) is 65.2 Å². The van der Waals surface area contributed by atoms with Crippen molar-refractivity contribution in [2.24, 2.45) is 0 Å². The Labute approximate surface area is 170 Å². The van der Waals surface area contributed by atoms with E-state index in [0.29, 0.717) is 39.3 Å². The van der Waals surface area contributed by atoms with Crippen molar-refractivity contribution >= 4 is 5.91 Å². The Morgan fingerprint density at radius 2 is 2.03 bits per heavy atom. The summed E-state index contributed by atoms with van der Waals surface area (Å²) < 4.78 is 9.58. The molecule has 1 amide bonds. The van der Waals surface area contributed by atoms with Gasteiger partial charge in [-0.05, 0) is 25.5 Å². The Kier molecular flexibility index (Phi) is 5.76. The summed E-state index contributed by atoms with van der Waals surface area (Å²) in [5.74, 6) is 0.128. The minimum Gasteiger partial charge on any atom is -0.377 e. The van der Waals surface area contributed by atoms with E-state index < -0.39 is 0 Å². The minimum atomic E-state index is -0.0987. The van der Waals surface area contributed by atoms with Crippen LogP contribution < -0.4 is 0 Å². The normalized spacial score (nSPS) is 16.9. The summed E-state index contributed by atoms with van der Waals surface area (Å²) in [7, 11) is 0. The van der Waals surface area contributed by atoms with Crippen molar-refractivity contribution in [3.8, 4) is 0 Å². The van der Waals surface area contributed by atoms with Crippen LogP contribution in [0.25, 0.3) is 0 Å². The smallest absolute Gasteiger partial charge is 0.225 e.